The molecule has 1 aromatic heterocycles. The van der Waals surface area contributed by atoms with Crippen molar-refractivity contribution in [1.29, 1.82) is 0 Å². The number of hydrogen-bond donors (Lipinski definition) is 1. The van der Waals surface area contributed by atoms with Crippen molar-refractivity contribution in [3.63, 3.8) is 0 Å². The molecule has 3 amide bonds. The van der Waals surface area contributed by atoms with Crippen molar-refractivity contribution in [3.05, 3.63) is 66.0 Å². The van der Waals surface area contributed by atoms with Crippen molar-refractivity contribution >= 4 is 17.6 Å². The molecule has 33 heavy (non-hydrogen) atoms. The van der Waals surface area contributed by atoms with Gasteiger partial charge in [0.15, 0.2) is 0 Å². The highest BCUT2D eigenvalue weighted by atomic mass is 16.2. The zero-order valence-corrected chi connectivity index (χ0v) is 20.7. The van der Waals surface area contributed by atoms with E-state index in [2.05, 4.69) is 51.7 Å². The number of aryl methyl sites for hydroxylation is 1. The number of nitrogens with one attached hydrogen (secondary N) is 1. The standard InChI is InChI=1S/C27H38N4O2/c1-7-15-30(18-25(32)31(21-13-14-21)17-22-10-9-16-29(22)6)27(33)28-26-23(19(2)3)11-8-12-24(26)20(4)5/h7-12,16,19-21H,1,13-15,17-18H2,2-6H3,(H,28,33). The van der Waals surface area contributed by atoms with Gasteiger partial charge in [0.1, 0.15) is 6.54 Å². The summed E-state index contributed by atoms with van der Waals surface area (Å²) in [5, 5.41) is 3.13. The molecule has 1 heterocycles. The number of nitrogens with zero attached hydrogens (tertiary/aromatic N) is 3. The van der Waals surface area contributed by atoms with Crippen molar-refractivity contribution in [2.45, 2.75) is 65.0 Å². The van der Waals surface area contributed by atoms with Crippen LogP contribution in [0.4, 0.5) is 10.5 Å². The molecule has 1 aliphatic rings. The van der Waals surface area contributed by atoms with Gasteiger partial charge in [-0.2, -0.15) is 0 Å². The van der Waals surface area contributed by atoms with Gasteiger partial charge in [0.25, 0.3) is 0 Å². The Labute approximate surface area is 198 Å². The molecule has 0 atom stereocenters. The number of rotatable bonds is 10. The first-order valence-electron chi connectivity index (χ1n) is 11.9. The van der Waals surface area contributed by atoms with Crippen LogP contribution in [-0.4, -0.2) is 45.4 Å². The Morgan fingerprint density at radius 1 is 1.12 bits per heavy atom. The van der Waals surface area contributed by atoms with E-state index in [1.54, 1.807) is 11.0 Å². The van der Waals surface area contributed by atoms with Crippen molar-refractivity contribution in [3.8, 4) is 0 Å². The SMILES string of the molecule is C=CCN(CC(=O)N(Cc1cccn1C)C1CC1)C(=O)Nc1c(C(C)C)cccc1C(C)C. The molecule has 2 aromatic rings. The van der Waals surface area contributed by atoms with E-state index in [1.165, 1.54) is 0 Å². The van der Waals surface area contributed by atoms with Crippen LogP contribution < -0.4 is 5.32 Å². The van der Waals surface area contributed by atoms with Crippen LogP contribution in [0.25, 0.3) is 0 Å². The van der Waals surface area contributed by atoms with Gasteiger partial charge in [0.05, 0.1) is 6.54 Å². The Morgan fingerprint density at radius 3 is 2.24 bits per heavy atom. The summed E-state index contributed by atoms with van der Waals surface area (Å²) in [6.45, 7) is 13.2. The van der Waals surface area contributed by atoms with Crippen molar-refractivity contribution in [2.24, 2.45) is 7.05 Å². The van der Waals surface area contributed by atoms with Crippen LogP contribution in [0.5, 0.6) is 0 Å². The molecule has 1 saturated carbocycles. The third-order valence-corrected chi connectivity index (χ3v) is 6.26. The van der Waals surface area contributed by atoms with Gasteiger partial charge in [-0.3, -0.25) is 4.79 Å². The van der Waals surface area contributed by atoms with Gasteiger partial charge in [0, 0.05) is 37.2 Å². The lowest BCUT2D eigenvalue weighted by atomic mass is 9.93. The number of benzene rings is 1. The molecule has 0 spiro atoms. The van der Waals surface area contributed by atoms with Crippen molar-refractivity contribution in [2.75, 3.05) is 18.4 Å². The molecule has 3 rings (SSSR count). The van der Waals surface area contributed by atoms with Crippen LogP contribution >= 0.6 is 0 Å². The minimum absolute atomic E-state index is 0.0274. The van der Waals surface area contributed by atoms with E-state index < -0.39 is 0 Å². The fourth-order valence-corrected chi connectivity index (χ4v) is 4.15. The fourth-order valence-electron chi connectivity index (χ4n) is 4.15. The van der Waals surface area contributed by atoms with E-state index in [1.807, 2.05) is 40.9 Å². The number of carbonyl (C=O) groups excluding carboxylic acids is 2. The molecule has 0 saturated heterocycles. The van der Waals surface area contributed by atoms with Gasteiger partial charge in [-0.1, -0.05) is 52.0 Å². The summed E-state index contributed by atoms with van der Waals surface area (Å²) in [5.74, 6) is 0.505. The zero-order chi connectivity index (χ0) is 24.1. The normalized spacial score (nSPS) is 13.3. The molecule has 6 nitrogen and oxygen atoms in total. The molecular formula is C27H38N4O2. The Hall–Kier alpha value is -3.02. The molecule has 178 valence electrons. The summed E-state index contributed by atoms with van der Waals surface area (Å²) < 4.78 is 2.03. The lowest BCUT2D eigenvalue weighted by molar-refractivity contribution is -0.133. The predicted octanol–water partition coefficient (Wildman–Crippen LogP) is 5.48. The fraction of sp³-hybridized carbons (Fsp3) is 0.481. The number of hydrogen-bond acceptors (Lipinski definition) is 2. The van der Waals surface area contributed by atoms with E-state index in [-0.39, 0.29) is 36.4 Å². The summed E-state index contributed by atoms with van der Waals surface area (Å²) in [4.78, 5) is 30.1. The van der Waals surface area contributed by atoms with Gasteiger partial charge < -0.3 is 19.7 Å². The Balaban J connectivity index is 1.78. The van der Waals surface area contributed by atoms with E-state index in [9.17, 15) is 9.59 Å². The molecule has 1 aromatic carbocycles. The number of anilines is 1. The predicted molar refractivity (Wildman–Crippen MR) is 134 cm³/mol. The van der Waals surface area contributed by atoms with Crippen molar-refractivity contribution in [1.82, 2.24) is 14.4 Å². The first kappa shape index (κ1) is 24.6. The van der Waals surface area contributed by atoms with E-state index in [0.717, 1.165) is 35.3 Å². The quantitative estimate of drug-likeness (QED) is 0.487. The highest BCUT2D eigenvalue weighted by Gasteiger charge is 2.34. The maximum Gasteiger partial charge on any atom is 0.322 e. The average molecular weight is 451 g/mol. The monoisotopic (exact) mass is 450 g/mol. The van der Waals surface area contributed by atoms with Crippen LogP contribution in [0.3, 0.4) is 0 Å². The molecule has 1 fully saturated rings. The number of urea groups is 1. The zero-order valence-electron chi connectivity index (χ0n) is 20.7. The van der Waals surface area contributed by atoms with E-state index in [4.69, 9.17) is 0 Å². The summed E-state index contributed by atoms with van der Waals surface area (Å²) in [6.07, 6.45) is 5.69. The second-order valence-electron chi connectivity index (χ2n) is 9.58. The topological polar surface area (TPSA) is 57.6 Å². The number of para-hydroxylation sites is 1. The number of amides is 3. The molecular weight excluding hydrogens is 412 g/mol. The largest absolute Gasteiger partial charge is 0.353 e. The maximum absolute atomic E-state index is 13.4. The average Bonchev–Trinajstić information content (AvgIpc) is 3.52. The van der Waals surface area contributed by atoms with Crippen LogP contribution in [0.15, 0.2) is 49.2 Å². The summed E-state index contributed by atoms with van der Waals surface area (Å²) >= 11 is 0. The number of aromatic nitrogens is 1. The number of carbonyl (C=O) groups is 2. The summed E-state index contributed by atoms with van der Waals surface area (Å²) in [6, 6.07) is 10.2. The second-order valence-corrected chi connectivity index (χ2v) is 9.58. The van der Waals surface area contributed by atoms with Crippen LogP contribution in [-0.2, 0) is 18.4 Å². The Morgan fingerprint density at radius 2 is 1.76 bits per heavy atom. The van der Waals surface area contributed by atoms with Crippen LogP contribution in [0.1, 0.15) is 69.2 Å². The maximum atomic E-state index is 13.4. The Kier molecular flexibility index (Phi) is 8.01. The molecule has 6 heteroatoms. The Bertz CT molecular complexity index is 962. The second kappa shape index (κ2) is 10.7. The third kappa shape index (κ3) is 6.06. The lowest BCUT2D eigenvalue weighted by Crippen LogP contribution is -2.45. The van der Waals surface area contributed by atoms with Gasteiger partial charge in [-0.15, -0.1) is 6.58 Å². The first-order chi connectivity index (χ1) is 15.7. The minimum atomic E-state index is -0.270. The molecule has 1 aliphatic carbocycles. The molecule has 0 aliphatic heterocycles. The van der Waals surface area contributed by atoms with Gasteiger partial charge >= 0.3 is 6.03 Å². The third-order valence-electron chi connectivity index (χ3n) is 6.26. The van der Waals surface area contributed by atoms with E-state index in [0.29, 0.717) is 13.1 Å². The first-order valence-corrected chi connectivity index (χ1v) is 11.9. The highest BCUT2D eigenvalue weighted by molar-refractivity contribution is 5.94. The molecule has 0 bridgehead atoms. The molecule has 0 unspecified atom stereocenters. The van der Waals surface area contributed by atoms with Crippen molar-refractivity contribution < 1.29 is 9.59 Å². The van der Waals surface area contributed by atoms with Gasteiger partial charge in [0.2, 0.25) is 5.91 Å². The smallest absolute Gasteiger partial charge is 0.322 e. The highest BCUT2D eigenvalue weighted by Crippen LogP contribution is 2.33. The van der Waals surface area contributed by atoms with Gasteiger partial charge in [-0.05, 0) is 47.9 Å². The van der Waals surface area contributed by atoms with E-state index >= 15 is 0 Å². The minimum Gasteiger partial charge on any atom is -0.353 e. The summed E-state index contributed by atoms with van der Waals surface area (Å²) in [5.41, 5.74) is 4.14. The molecule has 1 N–H and O–H groups in total. The summed E-state index contributed by atoms with van der Waals surface area (Å²) in [7, 11) is 1.99. The lowest BCUT2D eigenvalue weighted by Gasteiger charge is -2.28. The van der Waals surface area contributed by atoms with Crippen LogP contribution in [0, 0.1) is 0 Å². The molecule has 0 radical (unpaired) electrons. The van der Waals surface area contributed by atoms with Gasteiger partial charge in [-0.25, -0.2) is 4.79 Å². The van der Waals surface area contributed by atoms with Crippen LogP contribution in [0.2, 0.25) is 0 Å².